The molecule has 0 aliphatic heterocycles. The van der Waals surface area contributed by atoms with Crippen molar-refractivity contribution in [3.63, 3.8) is 0 Å². The van der Waals surface area contributed by atoms with Crippen molar-refractivity contribution >= 4 is 19.8 Å². The van der Waals surface area contributed by atoms with Gasteiger partial charge in [0.05, 0.1) is 6.61 Å². The highest BCUT2D eigenvalue weighted by Crippen LogP contribution is 2.42. The largest absolute Gasteiger partial charge is 0.472 e. The van der Waals surface area contributed by atoms with Gasteiger partial charge in [0.1, 0.15) is 6.61 Å². The van der Waals surface area contributed by atoms with Gasteiger partial charge in [-0.1, -0.05) is 140 Å². The highest BCUT2D eigenvalue weighted by Gasteiger charge is 2.24. The van der Waals surface area contributed by atoms with E-state index in [0.29, 0.717) is 6.42 Å². The van der Waals surface area contributed by atoms with Crippen molar-refractivity contribution in [3.05, 3.63) is 36.5 Å². The van der Waals surface area contributed by atoms with Crippen LogP contribution in [0, 0.1) is 0 Å². The topological polar surface area (TPSA) is 108 Å². The first-order valence-corrected chi connectivity index (χ1v) is 21.7. The molecule has 0 bridgehead atoms. The van der Waals surface area contributed by atoms with Gasteiger partial charge in [0.25, 0.3) is 0 Å². The maximum absolute atomic E-state index is 12.5. The molecule has 9 heteroatoms. The van der Waals surface area contributed by atoms with Crippen molar-refractivity contribution in [2.75, 3.05) is 20.3 Å². The van der Waals surface area contributed by atoms with E-state index >= 15 is 0 Å². The molecule has 0 aromatic carbocycles. The van der Waals surface area contributed by atoms with E-state index in [4.69, 9.17) is 14.0 Å². The molecule has 50 heavy (non-hydrogen) atoms. The van der Waals surface area contributed by atoms with Crippen molar-refractivity contribution in [1.29, 1.82) is 0 Å². The number of phosphoric ester groups is 1. The number of ether oxygens (including phenoxy) is 2. The lowest BCUT2D eigenvalue weighted by Crippen LogP contribution is -2.29. The Kier molecular flexibility index (Phi) is 35.8. The van der Waals surface area contributed by atoms with Gasteiger partial charge >= 0.3 is 19.8 Å². The average Bonchev–Trinajstić information content (AvgIpc) is 3.10. The van der Waals surface area contributed by atoms with Crippen LogP contribution in [0.15, 0.2) is 36.5 Å². The fraction of sp³-hybridized carbons (Fsp3) is 0.805. The van der Waals surface area contributed by atoms with Gasteiger partial charge in [0, 0.05) is 20.0 Å². The van der Waals surface area contributed by atoms with E-state index < -0.39 is 26.5 Å². The smallest absolute Gasteiger partial charge is 0.462 e. The molecule has 0 heterocycles. The Morgan fingerprint density at radius 2 is 0.960 bits per heavy atom. The van der Waals surface area contributed by atoms with Gasteiger partial charge < -0.3 is 14.4 Å². The molecular weight excluding hydrogens is 651 g/mol. The summed E-state index contributed by atoms with van der Waals surface area (Å²) in [5.41, 5.74) is 0. The van der Waals surface area contributed by atoms with Crippen LogP contribution in [0.3, 0.4) is 0 Å². The van der Waals surface area contributed by atoms with Gasteiger partial charge in [-0.2, -0.15) is 0 Å². The second-order valence-electron chi connectivity index (χ2n) is 13.4. The fourth-order valence-electron chi connectivity index (χ4n) is 5.45. The molecule has 292 valence electrons. The zero-order chi connectivity index (χ0) is 36.8. The van der Waals surface area contributed by atoms with E-state index in [1.54, 1.807) is 0 Å². The average molecular weight is 727 g/mol. The van der Waals surface area contributed by atoms with Crippen LogP contribution in [0.5, 0.6) is 0 Å². The molecule has 1 N–H and O–H groups in total. The van der Waals surface area contributed by atoms with Gasteiger partial charge in [-0.3, -0.25) is 18.6 Å². The summed E-state index contributed by atoms with van der Waals surface area (Å²) in [6.45, 7) is 3.84. The van der Waals surface area contributed by atoms with Crippen LogP contribution in [0.4, 0.5) is 0 Å². The first-order chi connectivity index (χ1) is 24.3. The minimum atomic E-state index is -4.26. The molecule has 0 fully saturated rings. The quantitative estimate of drug-likeness (QED) is 0.0292. The van der Waals surface area contributed by atoms with Crippen LogP contribution < -0.4 is 0 Å². The van der Waals surface area contributed by atoms with Gasteiger partial charge in [0.2, 0.25) is 0 Å². The van der Waals surface area contributed by atoms with Crippen LogP contribution in [-0.2, 0) is 32.7 Å². The number of carbonyl (C=O) groups is 2. The molecule has 0 aromatic heterocycles. The molecule has 0 amide bonds. The first kappa shape index (κ1) is 48.3. The van der Waals surface area contributed by atoms with Gasteiger partial charge in [-0.05, 0) is 70.6 Å². The molecule has 0 aliphatic carbocycles. The highest BCUT2D eigenvalue weighted by molar-refractivity contribution is 7.47. The minimum Gasteiger partial charge on any atom is -0.462 e. The summed E-state index contributed by atoms with van der Waals surface area (Å²) < 4.78 is 31.9. The maximum Gasteiger partial charge on any atom is 0.472 e. The lowest BCUT2D eigenvalue weighted by atomic mass is 10.1. The number of carbonyl (C=O) groups excluding carboxylic acids is 2. The van der Waals surface area contributed by atoms with Gasteiger partial charge in [-0.15, -0.1) is 0 Å². The van der Waals surface area contributed by atoms with E-state index in [9.17, 15) is 19.0 Å². The Balaban J connectivity index is 4.05. The third-order valence-corrected chi connectivity index (χ3v) is 9.54. The van der Waals surface area contributed by atoms with Gasteiger partial charge in [-0.25, -0.2) is 4.57 Å². The number of phosphoric acid groups is 1. The number of hydrogen-bond donors (Lipinski definition) is 1. The summed E-state index contributed by atoms with van der Waals surface area (Å²) in [6, 6.07) is 0. The predicted octanol–water partition coefficient (Wildman–Crippen LogP) is 12.4. The molecule has 0 rings (SSSR count). The Morgan fingerprint density at radius 3 is 1.46 bits per heavy atom. The molecule has 0 aliphatic rings. The molecule has 2 atom stereocenters. The number of esters is 2. The maximum atomic E-state index is 12.5. The van der Waals surface area contributed by atoms with Crippen LogP contribution in [0.2, 0.25) is 0 Å². The summed E-state index contributed by atoms with van der Waals surface area (Å²) in [5.74, 6) is -0.822. The fourth-order valence-corrected chi connectivity index (χ4v) is 5.91. The lowest BCUT2D eigenvalue weighted by molar-refractivity contribution is -0.161. The second kappa shape index (κ2) is 37.0. The van der Waals surface area contributed by atoms with Crippen molar-refractivity contribution in [3.8, 4) is 0 Å². The van der Waals surface area contributed by atoms with Crippen LogP contribution in [0.25, 0.3) is 0 Å². The Bertz CT molecular complexity index is 916. The van der Waals surface area contributed by atoms with Crippen molar-refractivity contribution in [2.45, 2.75) is 193 Å². The molecule has 8 nitrogen and oxygen atoms in total. The number of unbranched alkanes of at least 4 members (excludes halogenated alkanes) is 20. The molecule has 0 saturated carbocycles. The molecule has 0 radical (unpaired) electrons. The highest BCUT2D eigenvalue weighted by atomic mass is 31.2. The van der Waals surface area contributed by atoms with Crippen LogP contribution in [0.1, 0.15) is 187 Å². The van der Waals surface area contributed by atoms with E-state index in [1.165, 1.54) is 83.5 Å². The SMILES string of the molecule is CCCCC/C=C\C/C=C\CCCCCCCCCC(=O)OC(COC(=O)CCCCCCC/C=C\CCCCCCC)COP(=O)(O)OC. The van der Waals surface area contributed by atoms with E-state index in [0.717, 1.165) is 77.7 Å². The third kappa shape index (κ3) is 36.1. The van der Waals surface area contributed by atoms with Crippen LogP contribution >= 0.6 is 7.82 Å². The minimum absolute atomic E-state index is 0.232. The molecule has 2 unspecified atom stereocenters. The third-order valence-electron chi connectivity index (χ3n) is 8.61. The van der Waals surface area contributed by atoms with Gasteiger partial charge in [0.15, 0.2) is 6.10 Å². The van der Waals surface area contributed by atoms with Crippen molar-refractivity contribution in [2.24, 2.45) is 0 Å². The lowest BCUT2D eigenvalue weighted by Gasteiger charge is -2.19. The predicted molar refractivity (Wildman–Crippen MR) is 207 cm³/mol. The Labute approximate surface area is 306 Å². The van der Waals surface area contributed by atoms with E-state index in [-0.39, 0.29) is 25.4 Å². The Hall–Kier alpha value is -1.73. The first-order valence-electron chi connectivity index (χ1n) is 20.2. The number of allylic oxidation sites excluding steroid dienone is 6. The molecule has 0 spiro atoms. The monoisotopic (exact) mass is 727 g/mol. The Morgan fingerprint density at radius 1 is 0.560 bits per heavy atom. The summed E-state index contributed by atoms with van der Waals surface area (Å²) in [4.78, 5) is 34.4. The number of hydrogen-bond acceptors (Lipinski definition) is 7. The summed E-state index contributed by atoms with van der Waals surface area (Å²) in [7, 11) is -3.20. The summed E-state index contributed by atoms with van der Waals surface area (Å²) in [6.07, 6.45) is 41.9. The zero-order valence-corrected chi connectivity index (χ0v) is 33.2. The van der Waals surface area contributed by atoms with E-state index in [2.05, 4.69) is 54.8 Å². The van der Waals surface area contributed by atoms with Crippen molar-refractivity contribution in [1.82, 2.24) is 0 Å². The summed E-state index contributed by atoms with van der Waals surface area (Å²) >= 11 is 0. The molecular formula is C41H75O8P. The van der Waals surface area contributed by atoms with E-state index in [1.807, 2.05) is 0 Å². The van der Waals surface area contributed by atoms with Crippen LogP contribution in [-0.4, -0.2) is 43.3 Å². The second-order valence-corrected chi connectivity index (χ2v) is 15.0. The standard InChI is InChI=1S/C41H75O8P/c1-4-6-8-10-12-14-16-18-20-21-22-24-26-28-30-32-34-36-41(43)49-39(38-48-50(44,45)46-3)37-47-40(42)35-33-31-29-27-25-23-19-17-15-13-11-9-7-5-2/h12,14,17-20,39H,4-11,13,15-16,21-38H2,1-3H3,(H,44,45)/b14-12-,19-17-,20-18-. The normalized spacial score (nSPS) is 13.8. The van der Waals surface area contributed by atoms with Crippen molar-refractivity contribution < 1.29 is 37.6 Å². The number of rotatable bonds is 37. The molecule has 0 saturated heterocycles. The summed E-state index contributed by atoms with van der Waals surface area (Å²) in [5, 5.41) is 0. The zero-order valence-electron chi connectivity index (χ0n) is 32.3. The molecule has 0 aromatic rings.